The van der Waals surface area contributed by atoms with Gasteiger partial charge in [0.25, 0.3) is 11.5 Å². The van der Waals surface area contributed by atoms with Crippen molar-refractivity contribution in [3.05, 3.63) is 86.0 Å². The lowest BCUT2D eigenvalue weighted by Crippen LogP contribution is -2.26. The smallest absolute Gasteiger partial charge is 0.264 e. The van der Waals surface area contributed by atoms with Crippen LogP contribution < -0.4 is 5.56 Å². The molecule has 1 amide bonds. The Labute approximate surface area is 194 Å². The maximum atomic E-state index is 13.1. The summed E-state index contributed by atoms with van der Waals surface area (Å²) in [6.45, 7) is 6.42. The van der Waals surface area contributed by atoms with E-state index in [0.29, 0.717) is 38.8 Å². The first-order valence-corrected chi connectivity index (χ1v) is 12.0. The molecule has 4 rings (SSSR count). The van der Waals surface area contributed by atoms with Crippen LogP contribution in [0.1, 0.15) is 37.7 Å². The van der Waals surface area contributed by atoms with E-state index in [9.17, 15) is 9.59 Å². The van der Waals surface area contributed by atoms with Crippen molar-refractivity contribution in [2.24, 2.45) is 0 Å². The Morgan fingerprint density at radius 3 is 2.66 bits per heavy atom. The lowest BCUT2D eigenvalue weighted by atomic mass is 10.2. The van der Waals surface area contributed by atoms with Crippen LogP contribution in [-0.2, 0) is 12.3 Å². The molecule has 0 saturated carbocycles. The second kappa shape index (κ2) is 9.26. The van der Waals surface area contributed by atoms with Gasteiger partial charge in [-0.15, -0.1) is 23.1 Å². The monoisotopic (exact) mass is 464 g/mol. The Morgan fingerprint density at radius 1 is 1.16 bits per heavy atom. The lowest BCUT2D eigenvalue weighted by Gasteiger charge is -2.16. The van der Waals surface area contributed by atoms with E-state index in [1.54, 1.807) is 36.1 Å². The average Bonchev–Trinajstić information content (AvgIpc) is 3.11. The summed E-state index contributed by atoms with van der Waals surface area (Å²) in [5.74, 6) is 1.05. The standard InChI is InChI=1S/C24H24N4O2S2/c1-14-5-6-15(2)18(11-14)31-13-19-26-22(29)20-16(3)21(32-23(20)27-19)24(30)28(4)12-17-7-9-25-10-8-17/h5-11H,12-13H2,1-4H3,(H,26,27,29). The zero-order chi connectivity index (χ0) is 22.8. The van der Waals surface area contributed by atoms with Crippen LogP contribution in [-0.4, -0.2) is 32.8 Å². The molecule has 0 fully saturated rings. The molecule has 0 bridgehead atoms. The molecular weight excluding hydrogens is 440 g/mol. The summed E-state index contributed by atoms with van der Waals surface area (Å²) in [4.78, 5) is 41.5. The van der Waals surface area contributed by atoms with E-state index in [2.05, 4.69) is 47.0 Å². The number of thiophene rings is 1. The zero-order valence-electron chi connectivity index (χ0n) is 18.4. The van der Waals surface area contributed by atoms with Crippen molar-refractivity contribution in [2.45, 2.75) is 38.0 Å². The number of benzene rings is 1. The van der Waals surface area contributed by atoms with Crippen LogP contribution >= 0.6 is 23.1 Å². The quantitative estimate of drug-likeness (QED) is 0.412. The molecule has 3 aromatic heterocycles. The summed E-state index contributed by atoms with van der Waals surface area (Å²) in [6.07, 6.45) is 3.42. The van der Waals surface area contributed by atoms with Gasteiger partial charge in [0.1, 0.15) is 10.7 Å². The summed E-state index contributed by atoms with van der Waals surface area (Å²) in [6, 6.07) is 10.1. The number of amides is 1. The molecule has 0 spiro atoms. The second-order valence-electron chi connectivity index (χ2n) is 7.82. The van der Waals surface area contributed by atoms with E-state index in [4.69, 9.17) is 0 Å². The highest BCUT2D eigenvalue weighted by Crippen LogP contribution is 2.30. The third kappa shape index (κ3) is 4.61. The number of nitrogens with zero attached hydrogens (tertiary/aromatic N) is 3. The molecule has 4 aromatic rings. The van der Waals surface area contributed by atoms with Gasteiger partial charge in [-0.3, -0.25) is 14.6 Å². The predicted octanol–water partition coefficient (Wildman–Crippen LogP) is 4.87. The molecule has 32 heavy (non-hydrogen) atoms. The summed E-state index contributed by atoms with van der Waals surface area (Å²) >= 11 is 2.93. The van der Waals surface area contributed by atoms with E-state index in [-0.39, 0.29) is 11.5 Å². The Bertz CT molecular complexity index is 1350. The number of aromatic nitrogens is 3. The third-order valence-electron chi connectivity index (χ3n) is 5.27. The van der Waals surface area contributed by atoms with Gasteiger partial charge in [-0.05, 0) is 55.7 Å². The van der Waals surface area contributed by atoms with Crippen LogP contribution in [0.15, 0.2) is 52.4 Å². The van der Waals surface area contributed by atoms with Crippen LogP contribution in [0.25, 0.3) is 10.2 Å². The fourth-order valence-electron chi connectivity index (χ4n) is 3.48. The molecule has 0 radical (unpaired) electrons. The summed E-state index contributed by atoms with van der Waals surface area (Å²) in [7, 11) is 1.76. The molecule has 6 nitrogen and oxygen atoms in total. The van der Waals surface area contributed by atoms with Gasteiger partial charge in [0.05, 0.1) is 16.0 Å². The first kappa shape index (κ1) is 22.2. The minimum Gasteiger partial charge on any atom is -0.337 e. The molecule has 0 saturated heterocycles. The molecule has 0 aliphatic heterocycles. The normalized spacial score (nSPS) is 11.1. The third-order valence-corrected chi connectivity index (χ3v) is 7.61. The van der Waals surface area contributed by atoms with Crippen LogP contribution in [0.2, 0.25) is 0 Å². The molecule has 1 N–H and O–H groups in total. The van der Waals surface area contributed by atoms with Crippen molar-refractivity contribution in [3.8, 4) is 0 Å². The minimum absolute atomic E-state index is 0.118. The van der Waals surface area contributed by atoms with E-state index >= 15 is 0 Å². The van der Waals surface area contributed by atoms with Crippen LogP contribution in [0.4, 0.5) is 0 Å². The molecule has 3 heterocycles. The number of hydrogen-bond acceptors (Lipinski definition) is 6. The number of carbonyl (C=O) groups excluding carboxylic acids is 1. The first-order valence-electron chi connectivity index (χ1n) is 10.2. The molecule has 0 aliphatic carbocycles. The Hall–Kier alpha value is -2.97. The number of thioether (sulfide) groups is 1. The van der Waals surface area contributed by atoms with Gasteiger partial charge in [-0.2, -0.15) is 0 Å². The maximum absolute atomic E-state index is 13.1. The first-order chi connectivity index (χ1) is 15.3. The predicted molar refractivity (Wildman–Crippen MR) is 130 cm³/mol. The van der Waals surface area contributed by atoms with Crippen molar-refractivity contribution in [2.75, 3.05) is 7.05 Å². The number of carbonyl (C=O) groups is 1. The number of aromatic amines is 1. The molecule has 164 valence electrons. The van der Waals surface area contributed by atoms with Crippen molar-refractivity contribution >= 4 is 39.2 Å². The number of pyridine rings is 1. The van der Waals surface area contributed by atoms with Gasteiger partial charge >= 0.3 is 0 Å². The number of nitrogens with one attached hydrogen (secondary N) is 1. The fourth-order valence-corrected chi connectivity index (χ4v) is 5.67. The average molecular weight is 465 g/mol. The van der Waals surface area contributed by atoms with Gasteiger partial charge in [0.2, 0.25) is 0 Å². The summed E-state index contributed by atoms with van der Waals surface area (Å²) in [5.41, 5.74) is 3.87. The van der Waals surface area contributed by atoms with E-state index in [1.807, 2.05) is 19.1 Å². The van der Waals surface area contributed by atoms with Crippen molar-refractivity contribution in [1.29, 1.82) is 0 Å². The molecular formula is C24H24N4O2S2. The molecule has 0 atom stereocenters. The highest BCUT2D eigenvalue weighted by molar-refractivity contribution is 7.98. The number of rotatable bonds is 6. The van der Waals surface area contributed by atoms with E-state index < -0.39 is 0 Å². The van der Waals surface area contributed by atoms with Gasteiger partial charge < -0.3 is 9.88 Å². The molecule has 0 unspecified atom stereocenters. The highest BCUT2D eigenvalue weighted by atomic mass is 32.2. The molecule has 8 heteroatoms. The van der Waals surface area contributed by atoms with E-state index in [0.717, 1.165) is 5.56 Å². The topological polar surface area (TPSA) is 79.0 Å². The minimum atomic E-state index is -0.198. The zero-order valence-corrected chi connectivity index (χ0v) is 20.1. The second-order valence-corrected chi connectivity index (χ2v) is 9.84. The number of aryl methyl sites for hydroxylation is 3. The van der Waals surface area contributed by atoms with Crippen molar-refractivity contribution < 1.29 is 4.79 Å². The Balaban J connectivity index is 1.59. The Kier molecular flexibility index (Phi) is 6.43. The van der Waals surface area contributed by atoms with Gasteiger partial charge in [0, 0.05) is 30.9 Å². The van der Waals surface area contributed by atoms with Gasteiger partial charge in [-0.1, -0.05) is 17.7 Å². The maximum Gasteiger partial charge on any atom is 0.264 e. The van der Waals surface area contributed by atoms with Gasteiger partial charge in [-0.25, -0.2) is 4.98 Å². The number of H-pyrrole nitrogens is 1. The van der Waals surface area contributed by atoms with Gasteiger partial charge in [0.15, 0.2) is 0 Å². The highest BCUT2D eigenvalue weighted by Gasteiger charge is 2.22. The largest absolute Gasteiger partial charge is 0.337 e. The molecule has 0 aliphatic rings. The number of fused-ring (bicyclic) bond motifs is 1. The summed E-state index contributed by atoms with van der Waals surface area (Å²) < 4.78 is 0. The van der Waals surface area contributed by atoms with Crippen LogP contribution in [0.5, 0.6) is 0 Å². The van der Waals surface area contributed by atoms with Crippen LogP contribution in [0, 0.1) is 20.8 Å². The fraction of sp³-hybridized carbons (Fsp3) is 0.250. The van der Waals surface area contributed by atoms with Crippen LogP contribution in [0.3, 0.4) is 0 Å². The van der Waals surface area contributed by atoms with Crippen molar-refractivity contribution in [1.82, 2.24) is 19.9 Å². The SMILES string of the molecule is Cc1ccc(C)c(SCc2nc3sc(C(=O)N(C)Cc4ccncc4)c(C)c3c(=O)[nH]2)c1. The summed E-state index contributed by atoms with van der Waals surface area (Å²) in [5, 5.41) is 0.496. The lowest BCUT2D eigenvalue weighted by molar-refractivity contribution is 0.0789. The number of hydrogen-bond donors (Lipinski definition) is 1. The Morgan fingerprint density at radius 2 is 1.91 bits per heavy atom. The van der Waals surface area contributed by atoms with Crippen molar-refractivity contribution in [3.63, 3.8) is 0 Å². The molecule has 1 aromatic carbocycles. The van der Waals surface area contributed by atoms with E-state index in [1.165, 1.54) is 27.4 Å².